The summed E-state index contributed by atoms with van der Waals surface area (Å²) >= 11 is 13.4. The number of rotatable bonds is 2. The summed E-state index contributed by atoms with van der Waals surface area (Å²) in [5, 5.41) is 15.7. The van der Waals surface area contributed by atoms with Crippen LogP contribution in [0.4, 0.5) is 0 Å². The summed E-state index contributed by atoms with van der Waals surface area (Å²) < 4.78 is 1.66. The summed E-state index contributed by atoms with van der Waals surface area (Å²) in [6, 6.07) is 5.28. The molecule has 0 radical (unpaired) electrons. The number of benzene rings is 1. The van der Waals surface area contributed by atoms with E-state index < -0.39 is 0 Å². The normalized spacial score (nSPS) is 11.4. The average Bonchev–Trinajstić information content (AvgIpc) is 2.88. The summed E-state index contributed by atoms with van der Waals surface area (Å²) in [6.45, 7) is 1.76. The molecular weight excluding hydrogens is 305 g/mol. The van der Waals surface area contributed by atoms with Gasteiger partial charge < -0.3 is 5.11 Å². The summed E-state index contributed by atoms with van der Waals surface area (Å²) in [4.78, 5) is 5.26. The van der Waals surface area contributed by atoms with E-state index in [1.807, 2.05) is 13.0 Å². The van der Waals surface area contributed by atoms with Crippen molar-refractivity contribution in [2.75, 3.05) is 0 Å². The van der Waals surface area contributed by atoms with Crippen LogP contribution in [0.15, 0.2) is 18.2 Å². The van der Waals surface area contributed by atoms with Crippen molar-refractivity contribution in [3.63, 3.8) is 0 Å². The van der Waals surface area contributed by atoms with Gasteiger partial charge in [0.25, 0.3) is 0 Å². The molecule has 0 unspecified atom stereocenters. The third-order valence-electron chi connectivity index (χ3n) is 2.74. The molecular formula is C12H9Cl2N3OS. The first kappa shape index (κ1) is 12.9. The van der Waals surface area contributed by atoms with Crippen molar-refractivity contribution in [2.45, 2.75) is 13.5 Å². The Bertz CT molecular complexity index is 766. The van der Waals surface area contributed by atoms with Crippen molar-refractivity contribution in [2.24, 2.45) is 0 Å². The Kier molecular flexibility index (Phi) is 3.22. The number of nitrogens with zero attached hydrogens (tertiary/aromatic N) is 3. The van der Waals surface area contributed by atoms with E-state index in [4.69, 9.17) is 23.2 Å². The fraction of sp³-hybridized carbons (Fsp3) is 0.167. The van der Waals surface area contributed by atoms with E-state index in [9.17, 15) is 5.11 Å². The maximum atomic E-state index is 9.54. The van der Waals surface area contributed by atoms with E-state index >= 15 is 0 Å². The molecule has 0 saturated carbocycles. The van der Waals surface area contributed by atoms with Crippen LogP contribution in [0, 0.1) is 6.92 Å². The zero-order valence-electron chi connectivity index (χ0n) is 9.89. The van der Waals surface area contributed by atoms with Gasteiger partial charge in [0.05, 0.1) is 28.0 Å². The number of imidazole rings is 1. The van der Waals surface area contributed by atoms with E-state index in [-0.39, 0.29) is 6.61 Å². The molecule has 1 N–H and O–H groups in total. The summed E-state index contributed by atoms with van der Waals surface area (Å²) in [5.41, 5.74) is 2.14. The number of hydrogen-bond donors (Lipinski definition) is 1. The molecule has 0 bridgehead atoms. The lowest BCUT2D eigenvalue weighted by atomic mass is 10.1. The second kappa shape index (κ2) is 4.76. The Morgan fingerprint density at radius 2 is 2.11 bits per heavy atom. The van der Waals surface area contributed by atoms with Crippen LogP contribution in [-0.4, -0.2) is 19.7 Å². The Labute approximate surface area is 123 Å². The van der Waals surface area contributed by atoms with Crippen molar-refractivity contribution in [3.05, 3.63) is 38.9 Å². The zero-order valence-corrected chi connectivity index (χ0v) is 12.2. The third-order valence-corrected chi connectivity index (χ3v) is 4.30. The smallest absolute Gasteiger partial charge is 0.213 e. The van der Waals surface area contributed by atoms with Crippen LogP contribution in [0.2, 0.25) is 10.0 Å². The standard InChI is InChI=1S/C12H9Cl2N3OS/c1-6-16-17-10(5-18)11(15-12(17)19-6)7-2-3-8(13)9(14)4-7/h2-4,18H,5H2,1H3. The highest BCUT2D eigenvalue weighted by atomic mass is 35.5. The fourth-order valence-corrected chi connectivity index (χ4v) is 2.96. The van der Waals surface area contributed by atoms with Gasteiger partial charge in [-0.1, -0.05) is 40.6 Å². The van der Waals surface area contributed by atoms with Gasteiger partial charge in [0.1, 0.15) is 5.01 Å². The molecule has 0 aliphatic rings. The predicted molar refractivity (Wildman–Crippen MR) is 77.0 cm³/mol. The van der Waals surface area contributed by atoms with Gasteiger partial charge in [-0.3, -0.25) is 0 Å². The molecule has 0 aliphatic heterocycles. The maximum absolute atomic E-state index is 9.54. The van der Waals surface area contributed by atoms with Crippen molar-refractivity contribution in [1.29, 1.82) is 0 Å². The van der Waals surface area contributed by atoms with Gasteiger partial charge >= 0.3 is 0 Å². The Hall–Kier alpha value is -1.14. The molecule has 0 aliphatic carbocycles. The lowest BCUT2D eigenvalue weighted by Gasteiger charge is -2.02. The van der Waals surface area contributed by atoms with E-state index in [2.05, 4.69) is 10.1 Å². The van der Waals surface area contributed by atoms with Gasteiger partial charge in [0, 0.05) is 5.56 Å². The number of aliphatic hydroxyl groups is 1. The van der Waals surface area contributed by atoms with Crippen LogP contribution in [0.25, 0.3) is 16.2 Å². The first-order valence-corrected chi connectivity index (χ1v) is 7.08. The van der Waals surface area contributed by atoms with Gasteiger partial charge in [0.2, 0.25) is 4.96 Å². The molecule has 1 aromatic carbocycles. The highest BCUT2D eigenvalue weighted by molar-refractivity contribution is 7.16. The van der Waals surface area contributed by atoms with E-state index in [1.165, 1.54) is 11.3 Å². The van der Waals surface area contributed by atoms with Crippen molar-refractivity contribution in [1.82, 2.24) is 14.6 Å². The number of fused-ring (bicyclic) bond motifs is 1. The molecule has 0 spiro atoms. The number of halogens is 2. The second-order valence-corrected chi connectivity index (χ2v) is 5.98. The zero-order chi connectivity index (χ0) is 13.6. The van der Waals surface area contributed by atoms with Crippen molar-refractivity contribution in [3.8, 4) is 11.3 Å². The quantitative estimate of drug-likeness (QED) is 0.787. The van der Waals surface area contributed by atoms with Gasteiger partial charge in [-0.25, -0.2) is 9.50 Å². The molecule has 2 aromatic heterocycles. The highest BCUT2D eigenvalue weighted by Gasteiger charge is 2.17. The second-order valence-electron chi connectivity index (χ2n) is 4.01. The van der Waals surface area contributed by atoms with Crippen LogP contribution in [0.3, 0.4) is 0 Å². The molecule has 0 atom stereocenters. The summed E-state index contributed by atoms with van der Waals surface area (Å²) in [7, 11) is 0. The first-order chi connectivity index (χ1) is 9.10. The van der Waals surface area contributed by atoms with E-state index in [1.54, 1.807) is 16.6 Å². The molecule has 19 heavy (non-hydrogen) atoms. The van der Waals surface area contributed by atoms with E-state index in [0.29, 0.717) is 21.4 Å². The molecule has 7 heteroatoms. The minimum Gasteiger partial charge on any atom is -0.390 e. The number of aromatic nitrogens is 3. The van der Waals surface area contributed by atoms with Crippen molar-refractivity contribution < 1.29 is 5.11 Å². The molecule has 0 amide bonds. The fourth-order valence-electron chi connectivity index (χ4n) is 1.90. The van der Waals surface area contributed by atoms with Crippen LogP contribution in [0.5, 0.6) is 0 Å². The summed E-state index contributed by atoms with van der Waals surface area (Å²) in [5.74, 6) is 0. The van der Waals surface area contributed by atoms with Crippen LogP contribution in [0.1, 0.15) is 10.7 Å². The Morgan fingerprint density at radius 1 is 1.32 bits per heavy atom. The van der Waals surface area contributed by atoms with Gasteiger partial charge in [-0.2, -0.15) is 5.10 Å². The van der Waals surface area contributed by atoms with Gasteiger partial charge in [-0.05, 0) is 19.1 Å². The Morgan fingerprint density at radius 3 is 2.79 bits per heavy atom. The molecule has 0 saturated heterocycles. The van der Waals surface area contributed by atoms with Crippen molar-refractivity contribution >= 4 is 39.5 Å². The number of aryl methyl sites for hydroxylation is 1. The average molecular weight is 314 g/mol. The molecule has 3 rings (SSSR count). The molecule has 4 nitrogen and oxygen atoms in total. The maximum Gasteiger partial charge on any atom is 0.213 e. The lowest BCUT2D eigenvalue weighted by Crippen LogP contribution is -1.95. The van der Waals surface area contributed by atoms with Crippen LogP contribution < -0.4 is 0 Å². The van der Waals surface area contributed by atoms with Gasteiger partial charge in [-0.15, -0.1) is 0 Å². The van der Waals surface area contributed by atoms with Crippen LogP contribution in [-0.2, 0) is 6.61 Å². The molecule has 3 aromatic rings. The van der Waals surface area contributed by atoms with Gasteiger partial charge in [0.15, 0.2) is 0 Å². The Balaban J connectivity index is 2.23. The number of aliphatic hydroxyl groups excluding tert-OH is 1. The molecule has 2 heterocycles. The van der Waals surface area contributed by atoms with E-state index in [0.717, 1.165) is 15.5 Å². The monoisotopic (exact) mass is 313 g/mol. The topological polar surface area (TPSA) is 50.4 Å². The number of hydrogen-bond acceptors (Lipinski definition) is 4. The lowest BCUT2D eigenvalue weighted by molar-refractivity contribution is 0.275. The SMILES string of the molecule is Cc1nn2c(CO)c(-c3ccc(Cl)c(Cl)c3)nc2s1. The molecule has 0 fully saturated rings. The van der Waals surface area contributed by atoms with Crippen LogP contribution >= 0.6 is 34.5 Å². The summed E-state index contributed by atoms with van der Waals surface area (Å²) in [6.07, 6.45) is 0. The minimum absolute atomic E-state index is 0.139. The first-order valence-electron chi connectivity index (χ1n) is 5.51. The minimum atomic E-state index is -0.139. The predicted octanol–water partition coefficient (Wildman–Crippen LogP) is 3.57. The molecule has 98 valence electrons. The third kappa shape index (κ3) is 2.12. The highest BCUT2D eigenvalue weighted by Crippen LogP contribution is 2.31. The largest absolute Gasteiger partial charge is 0.390 e.